The highest BCUT2D eigenvalue weighted by Gasteiger charge is 2.27. The fourth-order valence-electron chi connectivity index (χ4n) is 3.36. The molecule has 0 aromatic rings. The fraction of sp³-hybridized carbons (Fsp3) is 0.889. The van der Waals surface area contributed by atoms with Gasteiger partial charge >= 0.3 is 0 Å². The van der Waals surface area contributed by atoms with Crippen molar-refractivity contribution in [3.63, 3.8) is 0 Å². The van der Waals surface area contributed by atoms with Crippen LogP contribution in [-0.2, 0) is 19.1 Å². The van der Waals surface area contributed by atoms with Crippen LogP contribution >= 0.6 is 0 Å². The first-order valence-electron chi connectivity index (χ1n) is 9.53. The summed E-state index contributed by atoms with van der Waals surface area (Å²) in [6.45, 7) is 5.20. The summed E-state index contributed by atoms with van der Waals surface area (Å²) >= 11 is 0. The smallest absolute Gasteiger partial charge is 0.239 e. The van der Waals surface area contributed by atoms with Crippen molar-refractivity contribution >= 4 is 11.8 Å². The molecule has 1 saturated carbocycles. The van der Waals surface area contributed by atoms with Crippen LogP contribution < -0.4 is 11.5 Å². The van der Waals surface area contributed by atoms with Crippen LogP contribution in [0.15, 0.2) is 0 Å². The molecule has 0 heterocycles. The lowest BCUT2D eigenvalue weighted by Crippen LogP contribution is -2.49. The summed E-state index contributed by atoms with van der Waals surface area (Å²) in [6.07, 6.45) is 6.27. The molecule has 1 rings (SSSR count). The molecule has 0 saturated heterocycles. The van der Waals surface area contributed by atoms with Crippen LogP contribution in [0.5, 0.6) is 0 Å². The molecule has 0 unspecified atom stereocenters. The van der Waals surface area contributed by atoms with Gasteiger partial charge in [-0.25, -0.2) is 0 Å². The molecule has 1 aliphatic rings. The van der Waals surface area contributed by atoms with Crippen molar-refractivity contribution in [3.8, 4) is 0 Å². The van der Waals surface area contributed by atoms with Gasteiger partial charge in [-0.15, -0.1) is 0 Å². The first-order valence-corrected chi connectivity index (χ1v) is 9.53. The van der Waals surface area contributed by atoms with Crippen LogP contribution in [0.25, 0.3) is 0 Å². The molecule has 0 radical (unpaired) electrons. The number of amides is 2. The summed E-state index contributed by atoms with van der Waals surface area (Å²) in [5, 5.41) is 0. The Hall–Kier alpha value is -1.18. The van der Waals surface area contributed by atoms with E-state index < -0.39 is 18.2 Å². The van der Waals surface area contributed by atoms with Crippen molar-refractivity contribution in [2.45, 2.75) is 71.1 Å². The molecule has 4 N–H and O–H groups in total. The quantitative estimate of drug-likeness (QED) is 0.513. The minimum atomic E-state index is -0.556. The number of primary amides is 1. The lowest BCUT2D eigenvalue weighted by atomic mass is 9.85. The highest BCUT2D eigenvalue weighted by Crippen LogP contribution is 2.27. The van der Waals surface area contributed by atoms with Gasteiger partial charge in [0.05, 0.1) is 12.6 Å². The summed E-state index contributed by atoms with van der Waals surface area (Å²) < 4.78 is 11.1. The number of hydrogen-bond donors (Lipinski definition) is 2. The van der Waals surface area contributed by atoms with Crippen molar-refractivity contribution in [1.29, 1.82) is 0 Å². The minimum Gasteiger partial charge on any atom is -0.370 e. The van der Waals surface area contributed by atoms with Crippen LogP contribution in [-0.4, -0.2) is 55.3 Å². The molecular formula is C18H35N3O4. The molecule has 7 heteroatoms. The van der Waals surface area contributed by atoms with Crippen LogP contribution in [0, 0.1) is 5.92 Å². The van der Waals surface area contributed by atoms with Crippen molar-refractivity contribution in [2.75, 3.05) is 26.3 Å². The Morgan fingerprint density at radius 1 is 1.12 bits per heavy atom. The summed E-state index contributed by atoms with van der Waals surface area (Å²) in [5.74, 6) is -0.0838. The second-order valence-corrected chi connectivity index (χ2v) is 6.69. The minimum absolute atomic E-state index is 0.104. The summed E-state index contributed by atoms with van der Waals surface area (Å²) in [5.41, 5.74) is 11.4. The van der Waals surface area contributed by atoms with Gasteiger partial charge in [0.1, 0.15) is 0 Å². The second kappa shape index (κ2) is 12.2. The van der Waals surface area contributed by atoms with E-state index in [1.807, 2.05) is 13.8 Å². The number of rotatable bonds is 12. The second-order valence-electron chi connectivity index (χ2n) is 6.69. The normalized spacial score (nSPS) is 16.8. The third kappa shape index (κ3) is 8.65. The summed E-state index contributed by atoms with van der Waals surface area (Å²) in [7, 11) is 0. The molecule has 0 aliphatic heterocycles. The molecule has 0 aromatic heterocycles. The lowest BCUT2D eigenvalue weighted by Gasteiger charge is -2.31. The lowest BCUT2D eigenvalue weighted by molar-refractivity contribution is -0.160. The third-order valence-corrected chi connectivity index (χ3v) is 4.64. The first kappa shape index (κ1) is 21.9. The van der Waals surface area contributed by atoms with E-state index in [1.54, 1.807) is 4.90 Å². The Kier molecular flexibility index (Phi) is 10.7. The molecule has 1 atom stereocenters. The molecule has 1 fully saturated rings. The number of nitrogens with two attached hydrogens (primary N) is 2. The molecule has 2 amide bonds. The largest absolute Gasteiger partial charge is 0.370 e. The van der Waals surface area contributed by atoms with Crippen molar-refractivity contribution in [3.05, 3.63) is 0 Å². The van der Waals surface area contributed by atoms with E-state index in [9.17, 15) is 9.59 Å². The van der Waals surface area contributed by atoms with Gasteiger partial charge in [-0.05, 0) is 26.2 Å². The standard InChI is InChI=1S/C18H35N3O4/c1-3-24-17(25-4-2)13-21(11-10-16(20)22)18(23)15(19)12-14-8-6-5-7-9-14/h14-15,17H,3-13,19H2,1-2H3,(H2,20,22)/t15-/m0/s1. The highest BCUT2D eigenvalue weighted by molar-refractivity contribution is 5.82. The molecular weight excluding hydrogens is 322 g/mol. The van der Waals surface area contributed by atoms with Gasteiger partial charge in [0.2, 0.25) is 11.8 Å². The van der Waals surface area contributed by atoms with Gasteiger partial charge in [0.25, 0.3) is 0 Å². The SMILES string of the molecule is CCOC(CN(CCC(N)=O)C(=O)[C@@H](N)CC1CCCCC1)OCC. The van der Waals surface area contributed by atoms with Gasteiger partial charge in [0.15, 0.2) is 6.29 Å². The number of carbonyl (C=O) groups is 2. The maximum absolute atomic E-state index is 12.8. The maximum Gasteiger partial charge on any atom is 0.239 e. The fourth-order valence-corrected chi connectivity index (χ4v) is 3.36. The van der Waals surface area contributed by atoms with Crippen LogP contribution in [0.1, 0.15) is 58.8 Å². The zero-order valence-corrected chi connectivity index (χ0v) is 15.7. The van der Waals surface area contributed by atoms with E-state index in [-0.39, 0.29) is 25.4 Å². The van der Waals surface area contributed by atoms with Gasteiger partial charge in [0, 0.05) is 26.2 Å². The number of nitrogens with zero attached hydrogens (tertiary/aromatic N) is 1. The molecule has 1 aliphatic carbocycles. The van der Waals surface area contributed by atoms with Gasteiger partial charge < -0.3 is 25.8 Å². The summed E-state index contributed by atoms with van der Waals surface area (Å²) in [6, 6.07) is -0.556. The van der Waals surface area contributed by atoms with Crippen LogP contribution in [0.3, 0.4) is 0 Å². The molecule has 25 heavy (non-hydrogen) atoms. The van der Waals surface area contributed by atoms with Crippen LogP contribution in [0.2, 0.25) is 0 Å². The van der Waals surface area contributed by atoms with E-state index in [0.29, 0.717) is 25.6 Å². The highest BCUT2D eigenvalue weighted by atomic mass is 16.7. The first-order chi connectivity index (χ1) is 12.0. The van der Waals surface area contributed by atoms with Crippen molar-refractivity contribution in [1.82, 2.24) is 4.90 Å². The van der Waals surface area contributed by atoms with Gasteiger partial charge in [-0.1, -0.05) is 32.1 Å². The molecule has 0 bridgehead atoms. The van der Waals surface area contributed by atoms with E-state index in [4.69, 9.17) is 20.9 Å². The number of carbonyl (C=O) groups excluding carboxylic acids is 2. The topological polar surface area (TPSA) is 108 Å². The van der Waals surface area contributed by atoms with Crippen LogP contribution in [0.4, 0.5) is 0 Å². The molecule has 146 valence electrons. The number of ether oxygens (including phenoxy) is 2. The summed E-state index contributed by atoms with van der Waals surface area (Å²) in [4.78, 5) is 25.5. The van der Waals surface area contributed by atoms with Crippen molar-refractivity contribution in [2.24, 2.45) is 17.4 Å². The number of hydrogen-bond acceptors (Lipinski definition) is 5. The Morgan fingerprint density at radius 3 is 2.24 bits per heavy atom. The maximum atomic E-state index is 12.8. The molecule has 7 nitrogen and oxygen atoms in total. The predicted octanol–water partition coefficient (Wildman–Crippen LogP) is 1.39. The van der Waals surface area contributed by atoms with E-state index in [2.05, 4.69) is 0 Å². The van der Waals surface area contributed by atoms with E-state index in [0.717, 1.165) is 12.8 Å². The Labute approximate surface area is 151 Å². The Balaban J connectivity index is 2.66. The average molecular weight is 357 g/mol. The van der Waals surface area contributed by atoms with E-state index in [1.165, 1.54) is 19.3 Å². The monoisotopic (exact) mass is 357 g/mol. The third-order valence-electron chi connectivity index (χ3n) is 4.64. The Bertz CT molecular complexity index is 394. The van der Waals surface area contributed by atoms with Crippen molar-refractivity contribution < 1.29 is 19.1 Å². The zero-order valence-electron chi connectivity index (χ0n) is 15.7. The zero-order chi connectivity index (χ0) is 18.7. The van der Waals surface area contributed by atoms with E-state index >= 15 is 0 Å². The molecule has 0 aromatic carbocycles. The average Bonchev–Trinajstić information content (AvgIpc) is 2.59. The van der Waals surface area contributed by atoms with Gasteiger partial charge in [-0.3, -0.25) is 9.59 Å². The predicted molar refractivity (Wildman–Crippen MR) is 96.6 cm³/mol. The Morgan fingerprint density at radius 2 is 1.72 bits per heavy atom. The molecule has 0 spiro atoms. The van der Waals surface area contributed by atoms with Gasteiger partial charge in [-0.2, -0.15) is 0 Å².